The lowest BCUT2D eigenvalue weighted by Gasteiger charge is -2.38. The second kappa shape index (κ2) is 6.51. The molecule has 2 unspecified atom stereocenters. The van der Waals surface area contributed by atoms with Gasteiger partial charge in [-0.2, -0.15) is 0 Å². The summed E-state index contributed by atoms with van der Waals surface area (Å²) in [6.07, 6.45) is -2.65. The average Bonchev–Trinajstić information content (AvgIpc) is 2.21. The first-order chi connectivity index (χ1) is 8.79. The second-order valence-corrected chi connectivity index (χ2v) is 4.34. The molecule has 0 radical (unpaired) electrons. The number of ether oxygens (including phenoxy) is 4. The zero-order chi connectivity index (χ0) is 14.6. The van der Waals surface area contributed by atoms with E-state index in [9.17, 15) is 14.4 Å². The van der Waals surface area contributed by atoms with E-state index in [0.717, 1.165) is 0 Å². The van der Waals surface area contributed by atoms with Gasteiger partial charge in [0.25, 0.3) is 0 Å². The van der Waals surface area contributed by atoms with Crippen molar-refractivity contribution in [2.24, 2.45) is 0 Å². The smallest absolute Gasteiger partial charge is 0.304 e. The Bertz CT molecular complexity index is 365. The Morgan fingerprint density at radius 1 is 0.947 bits per heavy atom. The Morgan fingerprint density at radius 2 is 1.47 bits per heavy atom. The lowest BCUT2D eigenvalue weighted by Crippen LogP contribution is -2.51. The highest BCUT2D eigenvalue weighted by Gasteiger charge is 2.42. The maximum atomic E-state index is 11.1. The van der Waals surface area contributed by atoms with E-state index < -0.39 is 42.5 Å². The fraction of sp³-hybridized carbons (Fsp3) is 0.750. The molecule has 1 aliphatic heterocycles. The van der Waals surface area contributed by atoms with Crippen LogP contribution >= 0.6 is 0 Å². The van der Waals surface area contributed by atoms with E-state index in [4.69, 9.17) is 18.9 Å². The SMILES string of the molecule is CC(=O)OC1CC(OC(C)=O)[C@H](OC(C)=O)[C@@H](C)O1. The zero-order valence-electron chi connectivity index (χ0n) is 11.4. The van der Waals surface area contributed by atoms with E-state index in [1.165, 1.54) is 20.8 Å². The molecule has 0 spiro atoms. The van der Waals surface area contributed by atoms with Crippen LogP contribution in [0.4, 0.5) is 0 Å². The van der Waals surface area contributed by atoms with Crippen LogP contribution in [0.1, 0.15) is 34.1 Å². The number of carbonyl (C=O) groups excluding carboxylic acids is 3. The van der Waals surface area contributed by atoms with Crippen molar-refractivity contribution in [2.45, 2.75) is 58.7 Å². The van der Waals surface area contributed by atoms with Gasteiger partial charge in [0.2, 0.25) is 6.29 Å². The summed E-state index contributed by atoms with van der Waals surface area (Å²) in [5.41, 5.74) is 0. The quantitative estimate of drug-likeness (QED) is 0.548. The predicted octanol–water partition coefficient (Wildman–Crippen LogP) is 0.548. The predicted molar refractivity (Wildman–Crippen MR) is 61.8 cm³/mol. The summed E-state index contributed by atoms with van der Waals surface area (Å²) in [5, 5.41) is 0. The molecule has 4 atom stereocenters. The van der Waals surface area contributed by atoms with Crippen LogP contribution < -0.4 is 0 Å². The highest BCUT2D eigenvalue weighted by molar-refractivity contribution is 5.67. The molecule has 0 saturated carbocycles. The maximum absolute atomic E-state index is 11.1. The standard InChI is InChI=1S/C12H18O7/c1-6-12(19-9(4)15)10(17-7(2)13)5-11(16-6)18-8(3)14/h6,10-12H,5H2,1-4H3/t6-,10?,11?,12-/m1/s1. The largest absolute Gasteiger partial charge is 0.458 e. The van der Waals surface area contributed by atoms with Gasteiger partial charge in [0, 0.05) is 20.8 Å². The molecule has 1 heterocycles. The molecule has 7 nitrogen and oxygen atoms in total. The molecule has 108 valence electrons. The third-order valence-corrected chi connectivity index (χ3v) is 2.54. The van der Waals surface area contributed by atoms with Gasteiger partial charge in [0.1, 0.15) is 6.10 Å². The van der Waals surface area contributed by atoms with Crippen molar-refractivity contribution >= 4 is 17.9 Å². The summed E-state index contributed by atoms with van der Waals surface area (Å²) in [5.74, 6) is -1.49. The number of hydrogen-bond donors (Lipinski definition) is 0. The second-order valence-electron chi connectivity index (χ2n) is 4.34. The van der Waals surface area contributed by atoms with Gasteiger partial charge < -0.3 is 18.9 Å². The fourth-order valence-electron chi connectivity index (χ4n) is 1.95. The first kappa shape index (κ1) is 15.4. The monoisotopic (exact) mass is 274 g/mol. The van der Waals surface area contributed by atoms with E-state index in [1.54, 1.807) is 6.92 Å². The van der Waals surface area contributed by atoms with Gasteiger partial charge >= 0.3 is 17.9 Å². The number of esters is 3. The van der Waals surface area contributed by atoms with Gasteiger partial charge in [-0.05, 0) is 6.92 Å². The molecule has 0 aromatic carbocycles. The summed E-state index contributed by atoms with van der Waals surface area (Å²) in [6.45, 7) is 5.42. The summed E-state index contributed by atoms with van der Waals surface area (Å²) in [4.78, 5) is 33.0. The van der Waals surface area contributed by atoms with Crippen molar-refractivity contribution in [1.29, 1.82) is 0 Å². The van der Waals surface area contributed by atoms with Gasteiger partial charge in [0.05, 0.1) is 12.5 Å². The first-order valence-electron chi connectivity index (χ1n) is 5.96. The Kier molecular flexibility index (Phi) is 5.29. The third-order valence-electron chi connectivity index (χ3n) is 2.54. The average molecular weight is 274 g/mol. The lowest BCUT2D eigenvalue weighted by atomic mass is 10.0. The van der Waals surface area contributed by atoms with Gasteiger partial charge in [-0.3, -0.25) is 14.4 Å². The normalized spacial score (nSPS) is 30.3. The van der Waals surface area contributed by atoms with Crippen LogP contribution in [0, 0.1) is 0 Å². The highest BCUT2D eigenvalue weighted by atomic mass is 16.7. The molecular weight excluding hydrogens is 256 g/mol. The van der Waals surface area contributed by atoms with Gasteiger partial charge in [-0.1, -0.05) is 0 Å². The highest BCUT2D eigenvalue weighted by Crippen LogP contribution is 2.26. The molecule has 0 aromatic rings. The van der Waals surface area contributed by atoms with Crippen LogP contribution in [0.2, 0.25) is 0 Å². The van der Waals surface area contributed by atoms with Crippen LogP contribution in [0.3, 0.4) is 0 Å². The van der Waals surface area contributed by atoms with Crippen LogP contribution in [0.15, 0.2) is 0 Å². The number of rotatable bonds is 3. The Hall–Kier alpha value is -1.63. The summed E-state index contributed by atoms with van der Waals surface area (Å²) in [6, 6.07) is 0. The molecule has 7 heteroatoms. The molecule has 1 aliphatic rings. The minimum Gasteiger partial charge on any atom is -0.458 e. The van der Waals surface area contributed by atoms with Crippen LogP contribution in [-0.2, 0) is 33.3 Å². The van der Waals surface area contributed by atoms with Crippen molar-refractivity contribution < 1.29 is 33.3 Å². The molecule has 0 aromatic heterocycles. The minimum atomic E-state index is -0.816. The summed E-state index contributed by atoms with van der Waals surface area (Å²) in [7, 11) is 0. The minimum absolute atomic E-state index is 0.126. The van der Waals surface area contributed by atoms with E-state index >= 15 is 0 Å². The van der Waals surface area contributed by atoms with Crippen molar-refractivity contribution in [3.63, 3.8) is 0 Å². The van der Waals surface area contributed by atoms with E-state index in [2.05, 4.69) is 0 Å². The van der Waals surface area contributed by atoms with E-state index in [-0.39, 0.29) is 6.42 Å². The van der Waals surface area contributed by atoms with Crippen molar-refractivity contribution in [3.05, 3.63) is 0 Å². The van der Waals surface area contributed by atoms with Crippen LogP contribution in [0.25, 0.3) is 0 Å². The topological polar surface area (TPSA) is 88.1 Å². The summed E-state index contributed by atoms with van der Waals surface area (Å²) >= 11 is 0. The Labute approximate surface area is 111 Å². The van der Waals surface area contributed by atoms with Gasteiger partial charge in [0.15, 0.2) is 6.10 Å². The maximum Gasteiger partial charge on any atom is 0.304 e. The van der Waals surface area contributed by atoms with Gasteiger partial charge in [-0.15, -0.1) is 0 Å². The van der Waals surface area contributed by atoms with Gasteiger partial charge in [-0.25, -0.2) is 0 Å². The third kappa shape index (κ3) is 4.86. The molecule has 1 fully saturated rings. The molecule has 1 saturated heterocycles. The van der Waals surface area contributed by atoms with Crippen molar-refractivity contribution in [1.82, 2.24) is 0 Å². The Morgan fingerprint density at radius 3 is 1.95 bits per heavy atom. The number of hydrogen-bond acceptors (Lipinski definition) is 7. The van der Waals surface area contributed by atoms with Crippen molar-refractivity contribution in [3.8, 4) is 0 Å². The summed E-state index contributed by atoms with van der Waals surface area (Å²) < 4.78 is 20.5. The molecule has 1 rings (SSSR count). The molecule has 19 heavy (non-hydrogen) atoms. The fourth-order valence-corrected chi connectivity index (χ4v) is 1.95. The molecule has 0 N–H and O–H groups in total. The molecule has 0 aliphatic carbocycles. The van der Waals surface area contributed by atoms with Crippen LogP contribution in [0.5, 0.6) is 0 Å². The lowest BCUT2D eigenvalue weighted by molar-refractivity contribution is -0.250. The Balaban J connectivity index is 2.77. The first-order valence-corrected chi connectivity index (χ1v) is 5.96. The molecular formula is C12H18O7. The van der Waals surface area contributed by atoms with Crippen LogP contribution in [-0.4, -0.2) is 42.5 Å². The number of carbonyl (C=O) groups is 3. The van der Waals surface area contributed by atoms with E-state index in [1.807, 2.05) is 0 Å². The zero-order valence-corrected chi connectivity index (χ0v) is 11.4. The van der Waals surface area contributed by atoms with E-state index in [0.29, 0.717) is 0 Å². The molecule has 0 bridgehead atoms. The molecule has 0 amide bonds. The van der Waals surface area contributed by atoms with Crippen molar-refractivity contribution in [2.75, 3.05) is 0 Å².